The van der Waals surface area contributed by atoms with Crippen LogP contribution in [0.1, 0.15) is 34.1 Å². The molecule has 0 amide bonds. The Morgan fingerprint density at radius 1 is 1.07 bits per heavy atom. The summed E-state index contributed by atoms with van der Waals surface area (Å²) in [6.45, 7) is 5.72. The summed E-state index contributed by atoms with van der Waals surface area (Å²) < 4.78 is 33.7. The zero-order valence-electron chi connectivity index (χ0n) is 16.2. The molecule has 11 heteroatoms. The van der Waals surface area contributed by atoms with Crippen LogP contribution in [0.25, 0.3) is 10.4 Å². The van der Waals surface area contributed by atoms with Crippen molar-refractivity contribution in [3.8, 4) is 0 Å². The highest BCUT2D eigenvalue weighted by molar-refractivity contribution is 5.67. The summed E-state index contributed by atoms with van der Waals surface area (Å²) in [7, 11) is 2.87. The van der Waals surface area contributed by atoms with E-state index in [2.05, 4.69) is 10.0 Å². The van der Waals surface area contributed by atoms with E-state index in [-0.39, 0.29) is 6.42 Å². The van der Waals surface area contributed by atoms with Gasteiger partial charge in [0.1, 0.15) is 18.2 Å². The van der Waals surface area contributed by atoms with Crippen LogP contribution >= 0.6 is 0 Å². The van der Waals surface area contributed by atoms with Crippen molar-refractivity contribution >= 4 is 11.9 Å². The molecule has 1 aliphatic heterocycles. The zero-order valence-corrected chi connectivity index (χ0v) is 16.2. The molecule has 152 valence electrons. The van der Waals surface area contributed by atoms with E-state index >= 15 is 0 Å². The van der Waals surface area contributed by atoms with Crippen molar-refractivity contribution in [3.63, 3.8) is 0 Å². The maximum absolute atomic E-state index is 11.6. The Morgan fingerprint density at radius 2 is 1.63 bits per heavy atom. The fraction of sp³-hybridized carbons (Fsp3) is 0.875. The summed E-state index contributed by atoms with van der Waals surface area (Å²) >= 11 is 0. The Balaban J connectivity index is 2.45. The van der Waals surface area contributed by atoms with Gasteiger partial charge >= 0.3 is 11.9 Å². The number of carbonyl (C=O) groups is 2. The maximum atomic E-state index is 11.6. The number of azide groups is 1. The molecule has 1 heterocycles. The summed E-state index contributed by atoms with van der Waals surface area (Å²) in [5.74, 6) is -3.79. The predicted molar refractivity (Wildman–Crippen MR) is 89.2 cm³/mol. The molecule has 2 aliphatic rings. The topological polar surface area (TPSA) is 138 Å². The van der Waals surface area contributed by atoms with E-state index in [0.717, 1.165) is 0 Å². The summed E-state index contributed by atoms with van der Waals surface area (Å²) in [6, 6.07) is -1.00. The predicted octanol–water partition coefficient (Wildman–Crippen LogP) is 1.44. The first-order valence-corrected chi connectivity index (χ1v) is 8.45. The molecular weight excluding hydrogens is 362 g/mol. The fourth-order valence-corrected chi connectivity index (χ4v) is 3.47. The van der Waals surface area contributed by atoms with Crippen LogP contribution in [0, 0.1) is 0 Å². The van der Waals surface area contributed by atoms with Gasteiger partial charge in [-0.05, 0) is 19.4 Å². The molecule has 0 unspecified atom stereocenters. The van der Waals surface area contributed by atoms with Gasteiger partial charge in [-0.1, -0.05) is 5.11 Å². The fourth-order valence-electron chi connectivity index (χ4n) is 3.47. The molecule has 0 radical (unpaired) electrons. The van der Waals surface area contributed by atoms with E-state index in [4.69, 9.17) is 34.0 Å². The second-order valence-corrected chi connectivity index (χ2v) is 6.69. The quantitative estimate of drug-likeness (QED) is 0.299. The molecule has 0 N–H and O–H groups in total. The second kappa shape index (κ2) is 7.99. The number of hydrogen-bond donors (Lipinski definition) is 0. The largest absolute Gasteiger partial charge is 0.458 e. The van der Waals surface area contributed by atoms with Gasteiger partial charge in [-0.3, -0.25) is 9.59 Å². The second-order valence-electron chi connectivity index (χ2n) is 6.69. The van der Waals surface area contributed by atoms with Crippen molar-refractivity contribution in [1.82, 2.24) is 0 Å². The van der Waals surface area contributed by atoms with Gasteiger partial charge < -0.3 is 28.4 Å². The van der Waals surface area contributed by atoms with Crippen LogP contribution in [0.3, 0.4) is 0 Å². The first kappa shape index (κ1) is 21.4. The van der Waals surface area contributed by atoms with E-state index in [1.807, 2.05) is 0 Å². The zero-order chi connectivity index (χ0) is 20.4. The number of hydrogen-bond acceptors (Lipinski definition) is 9. The van der Waals surface area contributed by atoms with Gasteiger partial charge in [-0.15, -0.1) is 0 Å². The van der Waals surface area contributed by atoms with Gasteiger partial charge in [-0.2, -0.15) is 0 Å². The van der Waals surface area contributed by atoms with Crippen LogP contribution in [-0.2, 0) is 38.0 Å². The van der Waals surface area contributed by atoms with Crippen molar-refractivity contribution in [2.24, 2.45) is 5.11 Å². The number of nitrogens with zero attached hydrogens (tertiary/aromatic N) is 3. The monoisotopic (exact) mass is 387 g/mol. The molecule has 0 aromatic rings. The van der Waals surface area contributed by atoms with Crippen molar-refractivity contribution in [3.05, 3.63) is 10.4 Å². The molecule has 2 fully saturated rings. The standard InChI is InChI=1S/C16H25N3O8/c1-8(20)24-10-7-11-14(12(18-19-17)13(10)25-9(2)21)27-16(4,23-6)15(3,22-5)26-11/h10-14H,7H2,1-6H3/t10-,11-,12+,13-,14+,15+,16+/m1/s1. The Labute approximate surface area is 156 Å². The van der Waals surface area contributed by atoms with E-state index in [1.54, 1.807) is 13.8 Å². The first-order chi connectivity index (χ1) is 12.6. The van der Waals surface area contributed by atoms with E-state index in [1.165, 1.54) is 28.1 Å². The third kappa shape index (κ3) is 4.02. The van der Waals surface area contributed by atoms with Gasteiger partial charge in [0.15, 0.2) is 0 Å². The van der Waals surface area contributed by atoms with Crippen LogP contribution in [0.4, 0.5) is 0 Å². The smallest absolute Gasteiger partial charge is 0.303 e. The van der Waals surface area contributed by atoms with Crippen molar-refractivity contribution in [2.45, 2.75) is 76.1 Å². The highest BCUT2D eigenvalue weighted by atomic mass is 16.8. The number of esters is 2. The minimum atomic E-state index is -1.33. The molecule has 0 spiro atoms. The maximum Gasteiger partial charge on any atom is 0.303 e. The number of carbonyl (C=O) groups excluding carboxylic acids is 2. The number of ether oxygens (including phenoxy) is 6. The van der Waals surface area contributed by atoms with Crippen LogP contribution in [0.2, 0.25) is 0 Å². The molecule has 2 rings (SSSR count). The number of rotatable bonds is 5. The molecule has 0 aromatic carbocycles. The lowest BCUT2D eigenvalue weighted by Crippen LogP contribution is -2.71. The van der Waals surface area contributed by atoms with Crippen LogP contribution in [0.5, 0.6) is 0 Å². The summed E-state index contributed by atoms with van der Waals surface area (Å²) in [5.41, 5.74) is 9.02. The van der Waals surface area contributed by atoms with E-state index < -0.39 is 54.0 Å². The van der Waals surface area contributed by atoms with E-state index in [0.29, 0.717) is 0 Å². The number of fused-ring (bicyclic) bond motifs is 1. The van der Waals surface area contributed by atoms with Gasteiger partial charge in [0.2, 0.25) is 11.6 Å². The summed E-state index contributed by atoms with van der Waals surface area (Å²) in [4.78, 5) is 25.9. The summed E-state index contributed by atoms with van der Waals surface area (Å²) in [5, 5.41) is 3.74. The van der Waals surface area contributed by atoms with E-state index in [9.17, 15) is 9.59 Å². The van der Waals surface area contributed by atoms with Crippen molar-refractivity contribution < 1.29 is 38.0 Å². The van der Waals surface area contributed by atoms with Gasteiger partial charge in [-0.25, -0.2) is 0 Å². The van der Waals surface area contributed by atoms with Crippen LogP contribution in [0.15, 0.2) is 5.11 Å². The SMILES string of the molecule is CO[C@@]1(C)O[C@@H]2[C@@H](N=[N+]=[N-])[C@H](OC(C)=O)[C@H](OC(C)=O)C[C@H]2O[C@]1(C)OC. The molecule has 7 atom stereocenters. The van der Waals surface area contributed by atoms with Crippen molar-refractivity contribution in [1.29, 1.82) is 0 Å². The Bertz CT molecular complexity index is 639. The molecule has 11 nitrogen and oxygen atoms in total. The summed E-state index contributed by atoms with van der Waals surface area (Å²) in [6.07, 6.45) is -3.23. The van der Waals surface area contributed by atoms with Gasteiger partial charge in [0, 0.05) is 39.4 Å². The Hall–Kier alpha value is -1.91. The Kier molecular flexibility index (Phi) is 6.33. The lowest BCUT2D eigenvalue weighted by atomic mass is 9.83. The highest BCUT2D eigenvalue weighted by Gasteiger charge is 2.62. The lowest BCUT2D eigenvalue weighted by molar-refractivity contribution is -0.456. The molecule has 27 heavy (non-hydrogen) atoms. The average Bonchev–Trinajstić information content (AvgIpc) is 2.59. The molecule has 0 aromatic heterocycles. The highest BCUT2D eigenvalue weighted by Crippen LogP contribution is 2.45. The first-order valence-electron chi connectivity index (χ1n) is 8.45. The minimum Gasteiger partial charge on any atom is -0.458 e. The Morgan fingerprint density at radius 3 is 2.11 bits per heavy atom. The third-order valence-corrected chi connectivity index (χ3v) is 5.02. The molecular formula is C16H25N3O8. The minimum absolute atomic E-state index is 0.151. The van der Waals surface area contributed by atoms with Gasteiger partial charge in [0.25, 0.3) is 0 Å². The average molecular weight is 387 g/mol. The normalized spacial score (nSPS) is 41.0. The molecule has 1 aliphatic carbocycles. The molecule has 1 saturated carbocycles. The molecule has 1 saturated heterocycles. The third-order valence-electron chi connectivity index (χ3n) is 5.02. The van der Waals surface area contributed by atoms with Crippen molar-refractivity contribution in [2.75, 3.05) is 14.2 Å². The van der Waals surface area contributed by atoms with Gasteiger partial charge in [0.05, 0.1) is 12.2 Å². The van der Waals surface area contributed by atoms with Crippen LogP contribution < -0.4 is 0 Å². The van der Waals surface area contributed by atoms with Crippen LogP contribution in [-0.4, -0.2) is 68.2 Å². The lowest BCUT2D eigenvalue weighted by Gasteiger charge is -2.56. The number of methoxy groups -OCH3 is 2. The molecule has 0 bridgehead atoms.